The lowest BCUT2D eigenvalue weighted by Gasteiger charge is -2.32. The largest absolute Gasteiger partial charge is 0.326 e. The van der Waals surface area contributed by atoms with Crippen LogP contribution in [0.3, 0.4) is 0 Å². The van der Waals surface area contributed by atoms with Crippen molar-refractivity contribution >= 4 is 11.3 Å². The van der Waals surface area contributed by atoms with Gasteiger partial charge in [0.25, 0.3) is 0 Å². The summed E-state index contributed by atoms with van der Waals surface area (Å²) < 4.78 is 0. The molecule has 86 valence electrons. The Morgan fingerprint density at radius 1 is 1.47 bits per heavy atom. The van der Waals surface area contributed by atoms with Crippen LogP contribution in [0.25, 0.3) is 0 Å². The van der Waals surface area contributed by atoms with Crippen molar-refractivity contribution in [2.75, 3.05) is 13.1 Å². The molecule has 0 saturated carbocycles. The summed E-state index contributed by atoms with van der Waals surface area (Å²) in [7, 11) is 0. The van der Waals surface area contributed by atoms with E-state index in [1.54, 1.807) is 11.3 Å². The standard InChI is InChI=1S/C12H22N2S/c1-4-7-14(5-2)12(10(3)13)11-6-8-15-9-11/h6,8-10,12H,4-5,7,13H2,1-3H3. The summed E-state index contributed by atoms with van der Waals surface area (Å²) >= 11 is 1.75. The van der Waals surface area contributed by atoms with Gasteiger partial charge in [-0.25, -0.2) is 0 Å². The maximum atomic E-state index is 6.10. The third kappa shape index (κ3) is 3.30. The van der Waals surface area contributed by atoms with Crippen molar-refractivity contribution in [2.45, 2.75) is 39.3 Å². The normalized spacial score (nSPS) is 15.5. The smallest absolute Gasteiger partial charge is 0.0504 e. The van der Waals surface area contributed by atoms with E-state index in [9.17, 15) is 0 Å². The number of hydrogen-bond acceptors (Lipinski definition) is 3. The zero-order valence-corrected chi connectivity index (χ0v) is 10.8. The van der Waals surface area contributed by atoms with E-state index in [-0.39, 0.29) is 6.04 Å². The van der Waals surface area contributed by atoms with Gasteiger partial charge in [0.15, 0.2) is 0 Å². The Bertz CT molecular complexity index is 257. The summed E-state index contributed by atoms with van der Waals surface area (Å²) in [4.78, 5) is 2.46. The molecule has 0 amide bonds. The molecule has 15 heavy (non-hydrogen) atoms. The predicted octanol–water partition coefficient (Wildman–Crippen LogP) is 2.87. The number of likely N-dealkylation sites (N-methyl/N-ethyl adjacent to an activating group) is 1. The highest BCUT2D eigenvalue weighted by Crippen LogP contribution is 2.25. The highest BCUT2D eigenvalue weighted by atomic mass is 32.1. The van der Waals surface area contributed by atoms with E-state index in [1.807, 2.05) is 0 Å². The molecule has 2 N–H and O–H groups in total. The molecule has 0 aliphatic rings. The molecular weight excluding hydrogens is 204 g/mol. The second-order valence-electron chi connectivity index (χ2n) is 3.99. The first-order valence-electron chi connectivity index (χ1n) is 5.72. The van der Waals surface area contributed by atoms with Gasteiger partial charge in [0.2, 0.25) is 0 Å². The van der Waals surface area contributed by atoms with Gasteiger partial charge in [-0.1, -0.05) is 13.8 Å². The summed E-state index contributed by atoms with van der Waals surface area (Å²) in [6.07, 6.45) is 1.18. The molecule has 3 heteroatoms. The lowest BCUT2D eigenvalue weighted by atomic mass is 10.0. The monoisotopic (exact) mass is 226 g/mol. The highest BCUT2D eigenvalue weighted by molar-refractivity contribution is 7.07. The molecule has 0 spiro atoms. The average Bonchev–Trinajstić information content (AvgIpc) is 2.69. The lowest BCUT2D eigenvalue weighted by Crippen LogP contribution is -2.39. The molecule has 2 atom stereocenters. The van der Waals surface area contributed by atoms with Gasteiger partial charge in [0.05, 0.1) is 6.04 Å². The van der Waals surface area contributed by atoms with E-state index >= 15 is 0 Å². The van der Waals surface area contributed by atoms with Crippen molar-refractivity contribution in [1.29, 1.82) is 0 Å². The molecule has 1 aromatic rings. The Kier molecular flexibility index (Phi) is 5.29. The number of nitrogens with two attached hydrogens (primary N) is 1. The second-order valence-corrected chi connectivity index (χ2v) is 4.77. The molecule has 0 bridgehead atoms. The molecule has 2 unspecified atom stereocenters. The topological polar surface area (TPSA) is 29.3 Å². The van der Waals surface area contributed by atoms with Gasteiger partial charge in [-0.3, -0.25) is 4.90 Å². The zero-order chi connectivity index (χ0) is 11.3. The van der Waals surface area contributed by atoms with Crippen LogP contribution in [-0.4, -0.2) is 24.0 Å². The fraction of sp³-hybridized carbons (Fsp3) is 0.667. The van der Waals surface area contributed by atoms with Gasteiger partial charge < -0.3 is 5.73 Å². The zero-order valence-electron chi connectivity index (χ0n) is 9.94. The summed E-state index contributed by atoms with van der Waals surface area (Å²) in [5.41, 5.74) is 7.46. The number of rotatable bonds is 6. The van der Waals surface area contributed by atoms with Gasteiger partial charge in [0, 0.05) is 6.04 Å². The molecule has 0 aliphatic carbocycles. The van der Waals surface area contributed by atoms with E-state index in [1.165, 1.54) is 12.0 Å². The van der Waals surface area contributed by atoms with Crippen LogP contribution in [0.4, 0.5) is 0 Å². The molecule has 0 saturated heterocycles. The lowest BCUT2D eigenvalue weighted by molar-refractivity contribution is 0.186. The van der Waals surface area contributed by atoms with Crippen molar-refractivity contribution < 1.29 is 0 Å². The third-order valence-corrected chi connectivity index (χ3v) is 3.39. The van der Waals surface area contributed by atoms with Crippen LogP contribution < -0.4 is 5.73 Å². The van der Waals surface area contributed by atoms with Crippen molar-refractivity contribution in [3.8, 4) is 0 Å². The van der Waals surface area contributed by atoms with Gasteiger partial charge in [-0.05, 0) is 48.8 Å². The molecule has 0 radical (unpaired) electrons. The third-order valence-electron chi connectivity index (χ3n) is 2.69. The fourth-order valence-corrected chi connectivity index (χ4v) is 2.76. The van der Waals surface area contributed by atoms with Gasteiger partial charge in [0.1, 0.15) is 0 Å². The maximum Gasteiger partial charge on any atom is 0.0504 e. The number of thiophene rings is 1. The van der Waals surface area contributed by atoms with Crippen LogP contribution in [-0.2, 0) is 0 Å². The van der Waals surface area contributed by atoms with Crippen molar-refractivity contribution in [1.82, 2.24) is 4.90 Å². The Balaban J connectivity index is 2.81. The summed E-state index contributed by atoms with van der Waals surface area (Å²) in [6.45, 7) is 8.71. The van der Waals surface area contributed by atoms with Gasteiger partial charge in [-0.15, -0.1) is 0 Å². The van der Waals surface area contributed by atoms with E-state index in [4.69, 9.17) is 5.73 Å². The SMILES string of the molecule is CCCN(CC)C(c1ccsc1)C(C)N. The Morgan fingerprint density at radius 3 is 2.60 bits per heavy atom. The second kappa shape index (κ2) is 6.26. The summed E-state index contributed by atoms with van der Waals surface area (Å²) in [5.74, 6) is 0. The molecule has 0 aliphatic heterocycles. The Morgan fingerprint density at radius 2 is 2.20 bits per heavy atom. The first-order valence-corrected chi connectivity index (χ1v) is 6.66. The first-order chi connectivity index (χ1) is 7.20. The first kappa shape index (κ1) is 12.7. The van der Waals surface area contributed by atoms with Crippen LogP contribution in [0.1, 0.15) is 38.8 Å². The molecule has 1 rings (SSSR count). The molecule has 1 heterocycles. The minimum Gasteiger partial charge on any atom is -0.326 e. The van der Waals surface area contributed by atoms with E-state index < -0.39 is 0 Å². The Hall–Kier alpha value is -0.380. The minimum absolute atomic E-state index is 0.186. The minimum atomic E-state index is 0.186. The number of nitrogens with zero attached hydrogens (tertiary/aromatic N) is 1. The van der Waals surface area contributed by atoms with Crippen LogP contribution in [0.2, 0.25) is 0 Å². The van der Waals surface area contributed by atoms with Crippen molar-refractivity contribution in [3.63, 3.8) is 0 Å². The predicted molar refractivity (Wildman–Crippen MR) is 68.2 cm³/mol. The molecule has 1 aromatic heterocycles. The van der Waals surface area contributed by atoms with Crippen LogP contribution in [0.15, 0.2) is 16.8 Å². The average molecular weight is 226 g/mol. The molecule has 2 nitrogen and oxygen atoms in total. The van der Waals surface area contributed by atoms with Crippen LogP contribution in [0.5, 0.6) is 0 Å². The Labute approximate surface area is 97.1 Å². The quantitative estimate of drug-likeness (QED) is 0.808. The summed E-state index contributed by atoms with van der Waals surface area (Å²) in [5, 5.41) is 4.34. The van der Waals surface area contributed by atoms with E-state index in [0.29, 0.717) is 6.04 Å². The maximum absolute atomic E-state index is 6.10. The molecule has 0 fully saturated rings. The van der Waals surface area contributed by atoms with Gasteiger partial charge in [-0.2, -0.15) is 11.3 Å². The molecular formula is C12H22N2S. The van der Waals surface area contributed by atoms with Crippen molar-refractivity contribution in [3.05, 3.63) is 22.4 Å². The highest BCUT2D eigenvalue weighted by Gasteiger charge is 2.22. The van der Waals surface area contributed by atoms with Crippen LogP contribution >= 0.6 is 11.3 Å². The van der Waals surface area contributed by atoms with Crippen LogP contribution in [0, 0.1) is 0 Å². The van der Waals surface area contributed by atoms with Gasteiger partial charge >= 0.3 is 0 Å². The van der Waals surface area contributed by atoms with E-state index in [2.05, 4.69) is 42.5 Å². The summed E-state index contributed by atoms with van der Waals surface area (Å²) in [6, 6.07) is 2.75. The number of hydrogen-bond donors (Lipinski definition) is 1. The van der Waals surface area contributed by atoms with E-state index in [0.717, 1.165) is 13.1 Å². The fourth-order valence-electron chi connectivity index (χ4n) is 2.07. The molecule has 0 aromatic carbocycles. The van der Waals surface area contributed by atoms with Crippen molar-refractivity contribution in [2.24, 2.45) is 5.73 Å².